The van der Waals surface area contributed by atoms with Crippen molar-refractivity contribution in [2.75, 3.05) is 13.9 Å². The van der Waals surface area contributed by atoms with Gasteiger partial charge in [0.25, 0.3) is 0 Å². The zero-order valence-corrected chi connectivity index (χ0v) is 14.0. The van der Waals surface area contributed by atoms with Crippen LogP contribution in [0.5, 0.6) is 0 Å². The summed E-state index contributed by atoms with van der Waals surface area (Å²) in [6.45, 7) is 0.321. The first kappa shape index (κ1) is 16.9. The smallest absolute Gasteiger partial charge is 0.146 e. The lowest BCUT2D eigenvalue weighted by molar-refractivity contribution is -0.139. The van der Waals surface area contributed by atoms with Crippen LogP contribution in [0.2, 0.25) is 0 Å². The highest BCUT2D eigenvalue weighted by molar-refractivity contribution is 5.49. The number of ether oxygens (including phenoxy) is 3. The highest BCUT2D eigenvalue weighted by atomic mass is 16.7. The van der Waals surface area contributed by atoms with Gasteiger partial charge < -0.3 is 14.2 Å². The molecule has 24 heavy (non-hydrogen) atoms. The van der Waals surface area contributed by atoms with Crippen LogP contribution in [0.3, 0.4) is 0 Å². The Balaban J connectivity index is 1.71. The lowest BCUT2D eigenvalue weighted by Gasteiger charge is -2.34. The molecule has 0 spiro atoms. The SMILES string of the molecule is COCO[C@H]1C[C@@H](/C=C/c2ccccc2)O[C@H](c2ccccc2)C1. The van der Waals surface area contributed by atoms with Crippen LogP contribution in [-0.4, -0.2) is 26.1 Å². The molecule has 0 amide bonds. The summed E-state index contributed by atoms with van der Waals surface area (Å²) in [5.74, 6) is 0. The molecule has 0 bridgehead atoms. The van der Waals surface area contributed by atoms with Gasteiger partial charge >= 0.3 is 0 Å². The Morgan fingerprint density at radius 1 is 1.00 bits per heavy atom. The fourth-order valence-corrected chi connectivity index (χ4v) is 3.01. The van der Waals surface area contributed by atoms with Gasteiger partial charge in [0.05, 0.1) is 18.3 Å². The highest BCUT2D eigenvalue weighted by Gasteiger charge is 2.29. The van der Waals surface area contributed by atoms with Gasteiger partial charge in [-0.3, -0.25) is 0 Å². The zero-order valence-electron chi connectivity index (χ0n) is 14.0. The van der Waals surface area contributed by atoms with E-state index in [2.05, 4.69) is 36.4 Å². The van der Waals surface area contributed by atoms with E-state index in [1.807, 2.05) is 36.4 Å². The Labute approximate surface area is 143 Å². The number of hydrogen-bond donors (Lipinski definition) is 0. The molecule has 3 heteroatoms. The maximum absolute atomic E-state index is 6.30. The first-order valence-corrected chi connectivity index (χ1v) is 8.39. The molecule has 1 fully saturated rings. The summed E-state index contributed by atoms with van der Waals surface area (Å²) in [6, 6.07) is 20.6. The van der Waals surface area contributed by atoms with Crippen LogP contribution in [0.1, 0.15) is 30.1 Å². The van der Waals surface area contributed by atoms with E-state index in [-0.39, 0.29) is 18.3 Å². The van der Waals surface area contributed by atoms with E-state index in [0.29, 0.717) is 6.79 Å². The van der Waals surface area contributed by atoms with Gasteiger partial charge in [-0.1, -0.05) is 72.8 Å². The van der Waals surface area contributed by atoms with Crippen LogP contribution in [-0.2, 0) is 14.2 Å². The molecule has 3 atom stereocenters. The minimum atomic E-state index is 0.0334. The minimum absolute atomic E-state index is 0.0334. The molecule has 1 saturated heterocycles. The molecule has 0 aliphatic carbocycles. The molecular weight excluding hydrogens is 300 g/mol. The van der Waals surface area contributed by atoms with E-state index >= 15 is 0 Å². The Bertz CT molecular complexity index is 624. The van der Waals surface area contributed by atoms with Crippen LogP contribution in [0.4, 0.5) is 0 Å². The van der Waals surface area contributed by atoms with Crippen molar-refractivity contribution < 1.29 is 14.2 Å². The fourth-order valence-electron chi connectivity index (χ4n) is 3.01. The Morgan fingerprint density at radius 2 is 1.71 bits per heavy atom. The molecule has 3 rings (SSSR count). The van der Waals surface area contributed by atoms with E-state index in [9.17, 15) is 0 Å². The second-order valence-corrected chi connectivity index (χ2v) is 6.01. The first-order valence-electron chi connectivity index (χ1n) is 8.39. The van der Waals surface area contributed by atoms with Crippen molar-refractivity contribution in [1.29, 1.82) is 0 Å². The molecule has 1 aliphatic heterocycles. The van der Waals surface area contributed by atoms with Gasteiger partial charge in [-0.25, -0.2) is 0 Å². The topological polar surface area (TPSA) is 27.7 Å². The van der Waals surface area contributed by atoms with Crippen molar-refractivity contribution in [3.63, 3.8) is 0 Å². The standard InChI is InChI=1S/C21H24O3/c1-22-16-23-20-14-19(13-12-17-8-4-2-5-9-17)24-21(15-20)18-10-6-3-7-11-18/h2-13,19-21H,14-16H2,1H3/b13-12+/t19-,20+,21+/m1/s1. The molecule has 2 aromatic carbocycles. The van der Waals surface area contributed by atoms with Crippen molar-refractivity contribution in [2.45, 2.75) is 31.2 Å². The maximum atomic E-state index is 6.30. The van der Waals surface area contributed by atoms with Crippen LogP contribution in [0.25, 0.3) is 6.08 Å². The monoisotopic (exact) mass is 324 g/mol. The molecule has 3 nitrogen and oxygen atoms in total. The summed E-state index contributed by atoms with van der Waals surface area (Å²) in [7, 11) is 1.65. The second-order valence-electron chi connectivity index (χ2n) is 6.01. The largest absolute Gasteiger partial charge is 0.366 e. The summed E-state index contributed by atoms with van der Waals surface area (Å²) in [6.07, 6.45) is 6.16. The van der Waals surface area contributed by atoms with Crippen molar-refractivity contribution in [1.82, 2.24) is 0 Å². The highest BCUT2D eigenvalue weighted by Crippen LogP contribution is 2.33. The molecule has 1 aliphatic rings. The average molecular weight is 324 g/mol. The number of rotatable bonds is 6. The molecule has 0 unspecified atom stereocenters. The predicted octanol–water partition coefficient (Wildman–Crippen LogP) is 4.61. The summed E-state index contributed by atoms with van der Waals surface area (Å²) < 4.78 is 17.2. The van der Waals surface area contributed by atoms with Gasteiger partial charge in [0.15, 0.2) is 0 Å². The Morgan fingerprint density at radius 3 is 2.42 bits per heavy atom. The molecule has 126 valence electrons. The second kappa shape index (κ2) is 8.78. The molecule has 2 aromatic rings. The minimum Gasteiger partial charge on any atom is -0.366 e. The molecule has 1 heterocycles. The molecule has 0 aromatic heterocycles. The lowest BCUT2D eigenvalue weighted by atomic mass is 9.95. The number of benzene rings is 2. The van der Waals surface area contributed by atoms with Gasteiger partial charge in [-0.2, -0.15) is 0 Å². The lowest BCUT2D eigenvalue weighted by Crippen LogP contribution is -2.32. The van der Waals surface area contributed by atoms with Gasteiger partial charge in [0.1, 0.15) is 6.79 Å². The summed E-state index contributed by atoms with van der Waals surface area (Å²) in [5.41, 5.74) is 2.37. The normalized spacial score (nSPS) is 24.3. The van der Waals surface area contributed by atoms with Crippen molar-refractivity contribution in [3.05, 3.63) is 77.9 Å². The molecule has 0 radical (unpaired) electrons. The maximum Gasteiger partial charge on any atom is 0.146 e. The third kappa shape index (κ3) is 4.78. The van der Waals surface area contributed by atoms with Crippen molar-refractivity contribution in [3.8, 4) is 0 Å². The number of methoxy groups -OCH3 is 1. The van der Waals surface area contributed by atoms with Crippen LogP contribution in [0, 0.1) is 0 Å². The summed E-state index contributed by atoms with van der Waals surface area (Å²) in [4.78, 5) is 0. The summed E-state index contributed by atoms with van der Waals surface area (Å²) in [5, 5.41) is 0. The van der Waals surface area contributed by atoms with Gasteiger partial charge in [0.2, 0.25) is 0 Å². The third-order valence-electron chi connectivity index (χ3n) is 4.21. The molecule has 0 N–H and O–H groups in total. The van der Waals surface area contributed by atoms with E-state index in [1.165, 1.54) is 11.1 Å². The first-order chi connectivity index (χ1) is 11.8. The van der Waals surface area contributed by atoms with E-state index in [4.69, 9.17) is 14.2 Å². The van der Waals surface area contributed by atoms with E-state index in [1.54, 1.807) is 7.11 Å². The van der Waals surface area contributed by atoms with Crippen LogP contribution < -0.4 is 0 Å². The predicted molar refractivity (Wildman–Crippen MR) is 95.5 cm³/mol. The van der Waals surface area contributed by atoms with Crippen molar-refractivity contribution >= 4 is 6.08 Å². The van der Waals surface area contributed by atoms with Gasteiger partial charge in [-0.05, 0) is 11.1 Å². The van der Waals surface area contributed by atoms with Crippen LogP contribution >= 0.6 is 0 Å². The molecular formula is C21H24O3. The Kier molecular flexibility index (Phi) is 6.19. The third-order valence-corrected chi connectivity index (χ3v) is 4.21. The van der Waals surface area contributed by atoms with Gasteiger partial charge in [0, 0.05) is 20.0 Å². The van der Waals surface area contributed by atoms with E-state index in [0.717, 1.165) is 12.8 Å². The Hall–Kier alpha value is -1.94. The molecule has 0 saturated carbocycles. The van der Waals surface area contributed by atoms with E-state index < -0.39 is 0 Å². The summed E-state index contributed by atoms with van der Waals surface area (Å²) >= 11 is 0. The zero-order chi connectivity index (χ0) is 16.6. The van der Waals surface area contributed by atoms with Crippen LogP contribution in [0.15, 0.2) is 66.7 Å². The fraction of sp³-hybridized carbons (Fsp3) is 0.333. The average Bonchev–Trinajstić information content (AvgIpc) is 2.66. The van der Waals surface area contributed by atoms with Crippen molar-refractivity contribution in [2.24, 2.45) is 0 Å². The quantitative estimate of drug-likeness (QED) is 0.726. The number of hydrogen-bond acceptors (Lipinski definition) is 3. The van der Waals surface area contributed by atoms with Gasteiger partial charge in [-0.15, -0.1) is 0 Å².